The highest BCUT2D eigenvalue weighted by atomic mass is 32.2. The monoisotopic (exact) mass is 241 g/mol. The molecule has 4 nitrogen and oxygen atoms in total. The molecule has 1 aromatic rings. The quantitative estimate of drug-likeness (QED) is 0.803. The summed E-state index contributed by atoms with van der Waals surface area (Å²) in [6, 6.07) is 6.38. The van der Waals surface area contributed by atoms with Gasteiger partial charge in [-0.1, -0.05) is 12.1 Å². The number of sulfone groups is 1. The van der Waals surface area contributed by atoms with Crippen LogP contribution in [0.25, 0.3) is 0 Å². The van der Waals surface area contributed by atoms with Gasteiger partial charge in [0.25, 0.3) is 0 Å². The third-order valence-corrected chi connectivity index (χ3v) is 4.82. The lowest BCUT2D eigenvalue weighted by atomic mass is 9.93. The zero-order valence-electron chi connectivity index (χ0n) is 8.83. The van der Waals surface area contributed by atoms with E-state index in [1.165, 1.54) is 0 Å². The third-order valence-electron chi connectivity index (χ3n) is 3.03. The van der Waals surface area contributed by atoms with Gasteiger partial charge in [0.1, 0.15) is 5.75 Å². The minimum Gasteiger partial charge on any atom is -0.508 e. The Kier molecular flexibility index (Phi) is 2.90. The first kappa shape index (κ1) is 11.4. The van der Waals surface area contributed by atoms with Gasteiger partial charge in [0.05, 0.1) is 11.5 Å². The van der Waals surface area contributed by atoms with Crippen molar-refractivity contribution in [2.24, 2.45) is 11.7 Å². The molecule has 1 aliphatic rings. The van der Waals surface area contributed by atoms with Crippen molar-refractivity contribution in [3.8, 4) is 5.75 Å². The van der Waals surface area contributed by atoms with Crippen molar-refractivity contribution in [3.05, 3.63) is 29.8 Å². The molecule has 88 valence electrons. The maximum Gasteiger partial charge on any atom is 0.150 e. The maximum atomic E-state index is 11.3. The van der Waals surface area contributed by atoms with Gasteiger partial charge < -0.3 is 10.8 Å². The van der Waals surface area contributed by atoms with Gasteiger partial charge in [-0.2, -0.15) is 0 Å². The van der Waals surface area contributed by atoms with E-state index < -0.39 is 9.84 Å². The fourth-order valence-corrected chi connectivity index (χ4v) is 3.97. The minimum absolute atomic E-state index is 0.0354. The Labute approximate surface area is 95.0 Å². The van der Waals surface area contributed by atoms with Gasteiger partial charge >= 0.3 is 0 Å². The lowest BCUT2D eigenvalue weighted by molar-refractivity contribution is 0.461. The van der Waals surface area contributed by atoms with Crippen LogP contribution in [0.5, 0.6) is 5.75 Å². The van der Waals surface area contributed by atoms with Crippen LogP contribution in [0.4, 0.5) is 0 Å². The predicted octanol–water partition coefficient (Wildman–Crippen LogP) is 0.827. The Morgan fingerprint density at radius 1 is 1.44 bits per heavy atom. The average molecular weight is 241 g/mol. The van der Waals surface area contributed by atoms with E-state index >= 15 is 0 Å². The molecule has 3 N–H and O–H groups in total. The summed E-state index contributed by atoms with van der Waals surface area (Å²) in [6.07, 6.45) is 0.610. The second kappa shape index (κ2) is 4.07. The van der Waals surface area contributed by atoms with Crippen LogP contribution in [0.15, 0.2) is 24.3 Å². The first-order valence-electron chi connectivity index (χ1n) is 5.23. The number of aromatic hydroxyl groups is 1. The molecule has 0 aliphatic carbocycles. The molecule has 1 aromatic carbocycles. The zero-order valence-corrected chi connectivity index (χ0v) is 9.65. The summed E-state index contributed by atoms with van der Waals surface area (Å²) in [7, 11) is -2.90. The lowest BCUT2D eigenvalue weighted by Crippen LogP contribution is -2.22. The van der Waals surface area contributed by atoms with E-state index in [9.17, 15) is 13.5 Å². The van der Waals surface area contributed by atoms with E-state index in [4.69, 9.17) is 5.73 Å². The van der Waals surface area contributed by atoms with Crippen molar-refractivity contribution < 1.29 is 13.5 Å². The van der Waals surface area contributed by atoms with Crippen LogP contribution in [-0.4, -0.2) is 25.0 Å². The molecule has 16 heavy (non-hydrogen) atoms. The number of benzene rings is 1. The van der Waals surface area contributed by atoms with Gasteiger partial charge in [-0.05, 0) is 30.0 Å². The predicted molar refractivity (Wildman–Crippen MR) is 61.8 cm³/mol. The number of hydrogen-bond acceptors (Lipinski definition) is 4. The van der Waals surface area contributed by atoms with Crippen LogP contribution in [0.3, 0.4) is 0 Å². The Hall–Kier alpha value is -1.07. The largest absolute Gasteiger partial charge is 0.508 e. The van der Waals surface area contributed by atoms with Crippen LogP contribution in [-0.2, 0) is 9.84 Å². The molecule has 0 spiro atoms. The molecule has 0 saturated carbocycles. The molecule has 2 atom stereocenters. The maximum absolute atomic E-state index is 11.3. The summed E-state index contributed by atoms with van der Waals surface area (Å²) in [6.45, 7) is 0. The molecule has 0 amide bonds. The van der Waals surface area contributed by atoms with Crippen molar-refractivity contribution >= 4 is 9.84 Å². The first-order chi connectivity index (χ1) is 7.48. The fraction of sp³-hybridized carbons (Fsp3) is 0.455. The molecule has 1 aliphatic heterocycles. The summed E-state index contributed by atoms with van der Waals surface area (Å²) in [5, 5.41) is 9.33. The zero-order chi connectivity index (χ0) is 11.8. The van der Waals surface area contributed by atoms with Crippen molar-refractivity contribution in [2.45, 2.75) is 12.5 Å². The summed E-state index contributed by atoms with van der Waals surface area (Å²) < 4.78 is 22.7. The highest BCUT2D eigenvalue weighted by Gasteiger charge is 2.32. The van der Waals surface area contributed by atoms with Gasteiger partial charge in [-0.3, -0.25) is 0 Å². The van der Waals surface area contributed by atoms with Crippen LogP contribution >= 0.6 is 0 Å². The molecular weight excluding hydrogens is 226 g/mol. The number of hydrogen-bond donors (Lipinski definition) is 2. The summed E-state index contributed by atoms with van der Waals surface area (Å²) in [5.41, 5.74) is 6.81. The van der Waals surface area contributed by atoms with E-state index in [-0.39, 0.29) is 29.2 Å². The Balaban J connectivity index is 2.17. The van der Waals surface area contributed by atoms with Gasteiger partial charge in [-0.25, -0.2) is 8.42 Å². The van der Waals surface area contributed by atoms with Gasteiger partial charge in [0.2, 0.25) is 0 Å². The van der Waals surface area contributed by atoms with E-state index in [2.05, 4.69) is 0 Å². The van der Waals surface area contributed by atoms with Gasteiger partial charge in [0.15, 0.2) is 9.84 Å². The van der Waals surface area contributed by atoms with Crippen molar-refractivity contribution in [1.82, 2.24) is 0 Å². The second-order valence-corrected chi connectivity index (χ2v) is 6.51. The molecule has 1 fully saturated rings. The van der Waals surface area contributed by atoms with E-state index in [0.717, 1.165) is 5.56 Å². The molecular formula is C11H15NO3S. The van der Waals surface area contributed by atoms with Crippen LogP contribution < -0.4 is 5.73 Å². The first-order valence-corrected chi connectivity index (χ1v) is 7.05. The number of rotatable bonds is 2. The normalized spacial score (nSPS) is 25.4. The molecule has 5 heteroatoms. The Bertz CT molecular complexity index is 484. The minimum atomic E-state index is -2.90. The Morgan fingerprint density at radius 2 is 2.19 bits per heavy atom. The Morgan fingerprint density at radius 3 is 2.75 bits per heavy atom. The molecule has 1 heterocycles. The van der Waals surface area contributed by atoms with E-state index in [1.54, 1.807) is 18.2 Å². The molecule has 0 bridgehead atoms. The lowest BCUT2D eigenvalue weighted by Gasteiger charge is -2.18. The third kappa shape index (κ3) is 2.36. The molecule has 0 radical (unpaired) electrons. The standard InChI is InChI=1S/C11H15NO3S/c12-11(8-2-1-3-10(13)6-8)9-4-5-16(14,15)7-9/h1-3,6,9,11,13H,4-5,7,12H2. The summed E-state index contributed by atoms with van der Waals surface area (Å²) in [5.74, 6) is 0.509. The van der Waals surface area contributed by atoms with Crippen LogP contribution in [0.1, 0.15) is 18.0 Å². The topological polar surface area (TPSA) is 80.4 Å². The number of nitrogens with two attached hydrogens (primary N) is 1. The van der Waals surface area contributed by atoms with Crippen LogP contribution in [0, 0.1) is 5.92 Å². The average Bonchev–Trinajstić information content (AvgIpc) is 2.58. The van der Waals surface area contributed by atoms with Crippen LogP contribution in [0.2, 0.25) is 0 Å². The SMILES string of the molecule is NC(c1cccc(O)c1)C1CCS(=O)(=O)C1. The second-order valence-electron chi connectivity index (χ2n) is 4.28. The molecule has 1 saturated heterocycles. The fourth-order valence-electron chi connectivity index (χ4n) is 2.11. The van der Waals surface area contributed by atoms with E-state index in [1.807, 2.05) is 6.07 Å². The summed E-state index contributed by atoms with van der Waals surface area (Å²) >= 11 is 0. The van der Waals surface area contributed by atoms with Gasteiger partial charge in [-0.15, -0.1) is 0 Å². The number of phenolic OH excluding ortho intramolecular Hbond substituents is 1. The molecule has 2 unspecified atom stereocenters. The molecule has 0 aromatic heterocycles. The van der Waals surface area contributed by atoms with E-state index in [0.29, 0.717) is 6.42 Å². The van der Waals surface area contributed by atoms with Crippen molar-refractivity contribution in [3.63, 3.8) is 0 Å². The van der Waals surface area contributed by atoms with Gasteiger partial charge in [0, 0.05) is 6.04 Å². The van der Waals surface area contributed by atoms with Crippen molar-refractivity contribution in [2.75, 3.05) is 11.5 Å². The van der Waals surface area contributed by atoms with Crippen molar-refractivity contribution in [1.29, 1.82) is 0 Å². The highest BCUT2D eigenvalue weighted by Crippen LogP contribution is 2.30. The number of phenols is 1. The summed E-state index contributed by atoms with van der Waals surface area (Å²) in [4.78, 5) is 0. The molecule has 2 rings (SSSR count). The smallest absolute Gasteiger partial charge is 0.150 e. The highest BCUT2D eigenvalue weighted by molar-refractivity contribution is 7.91.